The summed E-state index contributed by atoms with van der Waals surface area (Å²) in [6.45, 7) is 10.2. The minimum absolute atomic E-state index is 0.140. The minimum atomic E-state index is -3.55. The molecule has 1 amide bonds. The maximum absolute atomic E-state index is 13.3. The predicted molar refractivity (Wildman–Crippen MR) is 139 cm³/mol. The van der Waals surface area contributed by atoms with Gasteiger partial charge in [0.2, 0.25) is 15.9 Å². The number of rotatable bonds is 9. The molecule has 0 aliphatic carbocycles. The number of aromatic nitrogens is 2. The maximum Gasteiger partial charge on any atom is 0.243 e. The van der Waals surface area contributed by atoms with Crippen LogP contribution in [0.25, 0.3) is 11.0 Å². The molecular formula is C27H36N4O3S. The van der Waals surface area contributed by atoms with Gasteiger partial charge in [0.05, 0.1) is 22.0 Å². The van der Waals surface area contributed by atoms with Gasteiger partial charge in [-0.15, -0.1) is 0 Å². The highest BCUT2D eigenvalue weighted by Gasteiger charge is 2.30. The molecule has 1 aliphatic rings. The summed E-state index contributed by atoms with van der Waals surface area (Å²) >= 11 is 0. The fourth-order valence-corrected chi connectivity index (χ4v) is 6.77. The molecule has 1 aromatic heterocycles. The summed E-state index contributed by atoms with van der Waals surface area (Å²) in [4.78, 5) is 20.3. The van der Waals surface area contributed by atoms with E-state index in [0.717, 1.165) is 30.7 Å². The van der Waals surface area contributed by atoms with Crippen LogP contribution in [0, 0.1) is 6.92 Å². The van der Waals surface area contributed by atoms with E-state index < -0.39 is 10.0 Å². The molecular weight excluding hydrogens is 460 g/mol. The van der Waals surface area contributed by atoms with Gasteiger partial charge in [0.15, 0.2) is 0 Å². The lowest BCUT2D eigenvalue weighted by molar-refractivity contribution is -0.132. The third-order valence-electron chi connectivity index (χ3n) is 7.14. The van der Waals surface area contributed by atoms with Crippen LogP contribution in [0.15, 0.2) is 47.4 Å². The molecule has 1 unspecified atom stereocenters. The van der Waals surface area contributed by atoms with Crippen LogP contribution in [-0.2, 0) is 27.8 Å². The monoisotopic (exact) mass is 496 g/mol. The average molecular weight is 497 g/mol. The van der Waals surface area contributed by atoms with Crippen LogP contribution in [0.2, 0.25) is 0 Å². The van der Waals surface area contributed by atoms with E-state index in [-0.39, 0.29) is 16.8 Å². The molecule has 8 heteroatoms. The van der Waals surface area contributed by atoms with Gasteiger partial charge in [-0.3, -0.25) is 4.79 Å². The van der Waals surface area contributed by atoms with E-state index in [1.54, 1.807) is 12.1 Å². The second kappa shape index (κ2) is 10.5. The second-order valence-corrected chi connectivity index (χ2v) is 11.1. The van der Waals surface area contributed by atoms with Crippen LogP contribution in [-0.4, -0.2) is 52.7 Å². The first-order valence-corrected chi connectivity index (χ1v) is 14.1. The highest BCUT2D eigenvalue weighted by Crippen LogP contribution is 2.34. The van der Waals surface area contributed by atoms with Crippen molar-refractivity contribution in [3.63, 3.8) is 0 Å². The molecule has 3 aromatic rings. The predicted octanol–water partition coefficient (Wildman–Crippen LogP) is 4.69. The zero-order chi connectivity index (χ0) is 25.2. The lowest BCUT2D eigenvalue weighted by Crippen LogP contribution is -2.31. The van der Waals surface area contributed by atoms with Crippen molar-refractivity contribution in [1.29, 1.82) is 0 Å². The van der Waals surface area contributed by atoms with Gasteiger partial charge >= 0.3 is 0 Å². The van der Waals surface area contributed by atoms with Gasteiger partial charge in [-0.2, -0.15) is 4.31 Å². The van der Waals surface area contributed by atoms with E-state index in [4.69, 9.17) is 4.98 Å². The lowest BCUT2D eigenvalue weighted by atomic mass is 9.99. The van der Waals surface area contributed by atoms with Gasteiger partial charge in [0, 0.05) is 39.0 Å². The average Bonchev–Trinajstić information content (AvgIpc) is 3.47. The zero-order valence-electron chi connectivity index (χ0n) is 21.2. The number of imidazole rings is 1. The fraction of sp³-hybridized carbons (Fsp3) is 0.481. The molecule has 1 atom stereocenters. The molecule has 0 spiro atoms. The third-order valence-corrected chi connectivity index (χ3v) is 9.19. The molecule has 2 aromatic carbocycles. The standard InChI is InChI=1S/C27H36N4O3S/c1-5-29(6-2)35(33,34)21-14-15-25-23(19-21)28-26(30(25)7-3)16-17-27(32)31-18-10-13-24(31)22-12-9-8-11-20(22)4/h8-9,11-12,14-15,19,24H,5-7,10,13,16-18H2,1-4H3. The van der Waals surface area contributed by atoms with Crippen LogP contribution < -0.4 is 0 Å². The second-order valence-electron chi connectivity index (χ2n) is 9.11. The number of fused-ring (bicyclic) bond motifs is 1. The Morgan fingerprint density at radius 2 is 1.86 bits per heavy atom. The summed E-state index contributed by atoms with van der Waals surface area (Å²) in [5, 5.41) is 0. The first kappa shape index (κ1) is 25.4. The van der Waals surface area contributed by atoms with Gasteiger partial charge in [-0.1, -0.05) is 38.1 Å². The molecule has 0 radical (unpaired) electrons. The highest BCUT2D eigenvalue weighted by molar-refractivity contribution is 7.89. The normalized spacial score (nSPS) is 16.5. The summed E-state index contributed by atoms with van der Waals surface area (Å²) in [6, 6.07) is 13.6. The SMILES string of the molecule is CCN(CC)S(=O)(=O)c1ccc2c(c1)nc(CCC(=O)N1CCCC1c1ccccc1C)n2CC. The Labute approximate surface area is 208 Å². The molecule has 0 N–H and O–H groups in total. The number of likely N-dealkylation sites (tertiary alicyclic amines) is 1. The molecule has 1 aliphatic heterocycles. The molecule has 7 nitrogen and oxygen atoms in total. The van der Waals surface area contributed by atoms with Gasteiger partial charge in [0.25, 0.3) is 0 Å². The number of aryl methyl sites for hydroxylation is 3. The Kier molecular flexibility index (Phi) is 7.62. The Bertz CT molecular complexity index is 1310. The molecule has 35 heavy (non-hydrogen) atoms. The van der Waals surface area contributed by atoms with E-state index in [9.17, 15) is 13.2 Å². The number of carbonyl (C=O) groups excluding carboxylic acids is 1. The Hall–Kier alpha value is -2.71. The molecule has 0 saturated carbocycles. The maximum atomic E-state index is 13.3. The Morgan fingerprint density at radius 3 is 2.54 bits per heavy atom. The number of benzene rings is 2. The van der Waals surface area contributed by atoms with Crippen molar-refractivity contribution < 1.29 is 13.2 Å². The van der Waals surface area contributed by atoms with Crippen molar-refractivity contribution in [3.8, 4) is 0 Å². The lowest BCUT2D eigenvalue weighted by Gasteiger charge is -2.26. The van der Waals surface area contributed by atoms with Crippen LogP contribution in [0.5, 0.6) is 0 Å². The van der Waals surface area contributed by atoms with Crippen molar-refractivity contribution in [3.05, 3.63) is 59.4 Å². The third kappa shape index (κ3) is 4.86. The van der Waals surface area contributed by atoms with Crippen LogP contribution in [0.1, 0.15) is 63.0 Å². The molecule has 4 rings (SSSR count). The number of nitrogens with zero attached hydrogens (tertiary/aromatic N) is 4. The first-order valence-electron chi connectivity index (χ1n) is 12.7. The topological polar surface area (TPSA) is 75.5 Å². The van der Waals surface area contributed by atoms with Crippen LogP contribution >= 0.6 is 0 Å². The summed E-state index contributed by atoms with van der Waals surface area (Å²) in [7, 11) is -3.55. The summed E-state index contributed by atoms with van der Waals surface area (Å²) < 4.78 is 29.5. The number of sulfonamides is 1. The van der Waals surface area contributed by atoms with E-state index in [2.05, 4.69) is 23.6 Å². The summed E-state index contributed by atoms with van der Waals surface area (Å²) in [5.74, 6) is 0.968. The van der Waals surface area contributed by atoms with Crippen LogP contribution in [0.4, 0.5) is 0 Å². The molecule has 1 saturated heterocycles. The number of hydrogen-bond acceptors (Lipinski definition) is 4. The van der Waals surface area contributed by atoms with E-state index in [0.29, 0.717) is 38.0 Å². The highest BCUT2D eigenvalue weighted by atomic mass is 32.2. The van der Waals surface area contributed by atoms with E-state index in [1.165, 1.54) is 15.4 Å². The Morgan fingerprint density at radius 1 is 1.11 bits per heavy atom. The van der Waals surface area contributed by atoms with E-state index >= 15 is 0 Å². The van der Waals surface area contributed by atoms with Crippen molar-refractivity contribution in [1.82, 2.24) is 18.8 Å². The van der Waals surface area contributed by atoms with E-state index in [1.807, 2.05) is 43.9 Å². The molecule has 1 fully saturated rings. The van der Waals surface area contributed by atoms with Gasteiger partial charge in [-0.05, 0) is 56.0 Å². The van der Waals surface area contributed by atoms with Crippen molar-refractivity contribution in [2.75, 3.05) is 19.6 Å². The number of hydrogen-bond donors (Lipinski definition) is 0. The summed E-state index contributed by atoms with van der Waals surface area (Å²) in [5.41, 5.74) is 4.01. The quantitative estimate of drug-likeness (QED) is 0.431. The van der Waals surface area contributed by atoms with Crippen molar-refractivity contribution in [2.24, 2.45) is 0 Å². The minimum Gasteiger partial charge on any atom is -0.336 e. The number of carbonyl (C=O) groups is 1. The smallest absolute Gasteiger partial charge is 0.243 e. The molecule has 0 bridgehead atoms. The number of amides is 1. The molecule has 188 valence electrons. The zero-order valence-corrected chi connectivity index (χ0v) is 22.0. The molecule has 2 heterocycles. The Balaban J connectivity index is 1.55. The van der Waals surface area contributed by atoms with Crippen molar-refractivity contribution in [2.45, 2.75) is 70.9 Å². The largest absolute Gasteiger partial charge is 0.336 e. The van der Waals surface area contributed by atoms with Gasteiger partial charge in [0.1, 0.15) is 5.82 Å². The van der Waals surface area contributed by atoms with Crippen molar-refractivity contribution >= 4 is 27.0 Å². The first-order chi connectivity index (χ1) is 16.8. The van der Waals surface area contributed by atoms with Gasteiger partial charge < -0.3 is 9.47 Å². The van der Waals surface area contributed by atoms with Crippen LogP contribution in [0.3, 0.4) is 0 Å². The van der Waals surface area contributed by atoms with Gasteiger partial charge in [-0.25, -0.2) is 13.4 Å². The fourth-order valence-electron chi connectivity index (χ4n) is 5.29. The summed E-state index contributed by atoms with van der Waals surface area (Å²) in [6.07, 6.45) is 2.92.